The van der Waals surface area contributed by atoms with E-state index in [1.54, 1.807) is 25.1 Å². The van der Waals surface area contributed by atoms with Crippen LogP contribution in [0.5, 0.6) is 11.5 Å². The molecule has 0 bridgehead atoms. The van der Waals surface area contributed by atoms with Gasteiger partial charge in [-0.2, -0.15) is 0 Å². The van der Waals surface area contributed by atoms with E-state index < -0.39 is 5.38 Å². The Morgan fingerprint density at radius 3 is 2.47 bits per heavy atom. The van der Waals surface area contributed by atoms with Crippen LogP contribution in [0, 0.1) is 0 Å². The van der Waals surface area contributed by atoms with Crippen LogP contribution in [-0.4, -0.2) is 24.4 Å². The maximum atomic E-state index is 11.9. The predicted octanol–water partition coefficient (Wildman–Crippen LogP) is 3.29. The summed E-state index contributed by atoms with van der Waals surface area (Å²) in [5.41, 5.74) is 0.498. The van der Waals surface area contributed by atoms with Gasteiger partial charge in [-0.25, -0.2) is 0 Å². The first-order valence-electron chi connectivity index (χ1n) is 5.68. The van der Waals surface area contributed by atoms with Gasteiger partial charge in [0.15, 0.2) is 5.78 Å². The van der Waals surface area contributed by atoms with Crippen LogP contribution in [0.25, 0.3) is 0 Å². The summed E-state index contributed by atoms with van der Waals surface area (Å²) >= 11 is 5.80. The van der Waals surface area contributed by atoms with Crippen molar-refractivity contribution in [2.24, 2.45) is 0 Å². The SMILES string of the molecule is CCOc1ccc(C(=O)C(C)Cl)c(OCC)c1. The molecule has 1 atom stereocenters. The molecule has 0 aliphatic heterocycles. The van der Waals surface area contributed by atoms with Crippen molar-refractivity contribution in [2.45, 2.75) is 26.1 Å². The Hall–Kier alpha value is -1.22. The molecule has 1 rings (SSSR count). The second-order valence-corrected chi connectivity index (χ2v) is 4.16. The Kier molecular flexibility index (Phi) is 5.29. The number of carbonyl (C=O) groups is 1. The number of Topliss-reactive ketones (excluding diaryl/α,β-unsaturated/α-hetero) is 1. The van der Waals surface area contributed by atoms with Crippen molar-refractivity contribution in [3.63, 3.8) is 0 Å². The quantitative estimate of drug-likeness (QED) is 0.579. The molecule has 0 saturated carbocycles. The van der Waals surface area contributed by atoms with Gasteiger partial charge in [-0.05, 0) is 32.9 Å². The van der Waals surface area contributed by atoms with Crippen LogP contribution in [0.15, 0.2) is 18.2 Å². The lowest BCUT2D eigenvalue weighted by molar-refractivity contribution is 0.0988. The molecule has 0 heterocycles. The molecule has 4 heteroatoms. The van der Waals surface area contributed by atoms with Gasteiger partial charge >= 0.3 is 0 Å². The number of alkyl halides is 1. The van der Waals surface area contributed by atoms with Crippen molar-refractivity contribution < 1.29 is 14.3 Å². The van der Waals surface area contributed by atoms with Crippen LogP contribution in [-0.2, 0) is 0 Å². The molecule has 0 aliphatic rings. The highest BCUT2D eigenvalue weighted by Crippen LogP contribution is 2.27. The molecular weight excluding hydrogens is 240 g/mol. The molecule has 0 N–H and O–H groups in total. The van der Waals surface area contributed by atoms with Gasteiger partial charge in [0.1, 0.15) is 11.5 Å². The van der Waals surface area contributed by atoms with E-state index in [4.69, 9.17) is 21.1 Å². The van der Waals surface area contributed by atoms with E-state index in [0.717, 1.165) is 0 Å². The van der Waals surface area contributed by atoms with E-state index >= 15 is 0 Å². The zero-order valence-corrected chi connectivity index (χ0v) is 11.1. The van der Waals surface area contributed by atoms with E-state index in [9.17, 15) is 4.79 Å². The van der Waals surface area contributed by atoms with Gasteiger partial charge in [0.2, 0.25) is 0 Å². The Bertz CT molecular complexity index is 388. The van der Waals surface area contributed by atoms with Crippen LogP contribution < -0.4 is 9.47 Å². The third kappa shape index (κ3) is 3.63. The van der Waals surface area contributed by atoms with Gasteiger partial charge in [-0.3, -0.25) is 4.79 Å². The number of rotatable bonds is 6. The van der Waals surface area contributed by atoms with Crippen molar-refractivity contribution in [2.75, 3.05) is 13.2 Å². The first-order chi connectivity index (χ1) is 8.10. The molecule has 0 aromatic heterocycles. The summed E-state index contributed by atoms with van der Waals surface area (Å²) in [6.07, 6.45) is 0. The number of halogens is 1. The average molecular weight is 257 g/mol. The lowest BCUT2D eigenvalue weighted by Crippen LogP contribution is -2.12. The largest absolute Gasteiger partial charge is 0.494 e. The van der Waals surface area contributed by atoms with Gasteiger partial charge in [0.25, 0.3) is 0 Å². The summed E-state index contributed by atoms with van der Waals surface area (Å²) in [5.74, 6) is 1.07. The monoisotopic (exact) mass is 256 g/mol. The van der Waals surface area contributed by atoms with Crippen molar-refractivity contribution in [3.05, 3.63) is 23.8 Å². The van der Waals surface area contributed by atoms with Crippen molar-refractivity contribution >= 4 is 17.4 Å². The maximum Gasteiger partial charge on any atom is 0.184 e. The van der Waals surface area contributed by atoms with Crippen molar-refractivity contribution in [1.82, 2.24) is 0 Å². The molecule has 3 nitrogen and oxygen atoms in total. The normalized spacial score (nSPS) is 12.0. The van der Waals surface area contributed by atoms with Gasteiger partial charge in [-0.1, -0.05) is 0 Å². The van der Waals surface area contributed by atoms with Gasteiger partial charge in [0.05, 0.1) is 24.2 Å². The smallest absolute Gasteiger partial charge is 0.184 e. The molecule has 0 radical (unpaired) electrons. The van der Waals surface area contributed by atoms with Crippen LogP contribution in [0.4, 0.5) is 0 Å². The molecule has 0 spiro atoms. The van der Waals surface area contributed by atoms with E-state index in [2.05, 4.69) is 0 Å². The van der Waals surface area contributed by atoms with E-state index in [0.29, 0.717) is 30.3 Å². The first kappa shape index (κ1) is 13.8. The fraction of sp³-hybridized carbons (Fsp3) is 0.462. The van der Waals surface area contributed by atoms with E-state index in [1.807, 2.05) is 13.8 Å². The lowest BCUT2D eigenvalue weighted by atomic mass is 10.1. The Labute approximate surface area is 107 Å². The highest BCUT2D eigenvalue weighted by molar-refractivity contribution is 6.33. The number of hydrogen-bond donors (Lipinski definition) is 0. The second kappa shape index (κ2) is 6.50. The maximum absolute atomic E-state index is 11.9. The summed E-state index contributed by atoms with van der Waals surface area (Å²) in [5, 5.41) is -0.563. The first-order valence-corrected chi connectivity index (χ1v) is 6.11. The summed E-state index contributed by atoms with van der Waals surface area (Å²) in [4.78, 5) is 11.9. The second-order valence-electron chi connectivity index (χ2n) is 3.50. The summed E-state index contributed by atoms with van der Waals surface area (Å²) in [6.45, 7) is 6.49. The van der Waals surface area contributed by atoms with Crippen LogP contribution in [0.1, 0.15) is 31.1 Å². The van der Waals surface area contributed by atoms with Crippen LogP contribution in [0.2, 0.25) is 0 Å². The topological polar surface area (TPSA) is 35.5 Å². The van der Waals surface area contributed by atoms with Gasteiger partial charge in [0, 0.05) is 6.07 Å². The van der Waals surface area contributed by atoms with Crippen LogP contribution >= 0.6 is 11.6 Å². The molecule has 94 valence electrons. The number of ether oxygens (including phenoxy) is 2. The highest BCUT2D eigenvalue weighted by atomic mass is 35.5. The minimum absolute atomic E-state index is 0.141. The lowest BCUT2D eigenvalue weighted by Gasteiger charge is -2.12. The number of benzene rings is 1. The fourth-order valence-electron chi connectivity index (χ4n) is 1.45. The zero-order chi connectivity index (χ0) is 12.8. The molecule has 1 aromatic rings. The molecule has 0 fully saturated rings. The Morgan fingerprint density at radius 1 is 1.29 bits per heavy atom. The minimum Gasteiger partial charge on any atom is -0.494 e. The molecular formula is C13H17ClO3. The predicted molar refractivity (Wildman–Crippen MR) is 68.4 cm³/mol. The van der Waals surface area contributed by atoms with E-state index in [-0.39, 0.29) is 5.78 Å². The number of ketones is 1. The fourth-order valence-corrected chi connectivity index (χ4v) is 1.57. The minimum atomic E-state index is -0.563. The Morgan fingerprint density at radius 2 is 1.94 bits per heavy atom. The third-order valence-electron chi connectivity index (χ3n) is 2.19. The summed E-state index contributed by atoms with van der Waals surface area (Å²) in [6, 6.07) is 5.16. The molecule has 0 saturated heterocycles. The third-order valence-corrected chi connectivity index (χ3v) is 2.39. The molecule has 17 heavy (non-hydrogen) atoms. The summed E-state index contributed by atoms with van der Waals surface area (Å²) in [7, 11) is 0. The Balaban J connectivity index is 3.07. The van der Waals surface area contributed by atoms with E-state index in [1.165, 1.54) is 0 Å². The number of hydrogen-bond acceptors (Lipinski definition) is 3. The van der Waals surface area contributed by atoms with Crippen molar-refractivity contribution in [1.29, 1.82) is 0 Å². The molecule has 0 aliphatic carbocycles. The van der Waals surface area contributed by atoms with Gasteiger partial charge in [-0.15, -0.1) is 11.6 Å². The number of carbonyl (C=O) groups excluding carboxylic acids is 1. The molecule has 1 aromatic carbocycles. The van der Waals surface area contributed by atoms with Crippen molar-refractivity contribution in [3.8, 4) is 11.5 Å². The highest BCUT2D eigenvalue weighted by Gasteiger charge is 2.17. The summed E-state index contributed by atoms with van der Waals surface area (Å²) < 4.78 is 10.8. The average Bonchev–Trinajstić information content (AvgIpc) is 2.29. The van der Waals surface area contributed by atoms with Crippen LogP contribution in [0.3, 0.4) is 0 Å². The zero-order valence-electron chi connectivity index (χ0n) is 10.3. The molecule has 0 amide bonds. The standard InChI is InChI=1S/C13H17ClO3/c1-4-16-10-6-7-11(13(15)9(3)14)12(8-10)17-5-2/h6-9H,4-5H2,1-3H3. The molecule has 1 unspecified atom stereocenters. The van der Waals surface area contributed by atoms with Gasteiger partial charge < -0.3 is 9.47 Å².